The second-order valence-corrected chi connectivity index (χ2v) is 8.43. The van der Waals surface area contributed by atoms with E-state index in [4.69, 9.17) is 14.6 Å². The third-order valence-electron chi connectivity index (χ3n) is 6.33. The number of nitrogens with zero attached hydrogens (tertiary/aromatic N) is 1. The van der Waals surface area contributed by atoms with Crippen molar-refractivity contribution in [2.45, 2.75) is 38.2 Å². The van der Waals surface area contributed by atoms with Crippen LogP contribution in [-0.2, 0) is 14.3 Å². The van der Waals surface area contributed by atoms with Crippen molar-refractivity contribution in [3.63, 3.8) is 0 Å². The average molecular weight is 427 g/mol. The topological polar surface area (TPSA) is 76.1 Å². The first-order chi connectivity index (χ1) is 15.0. The Morgan fingerprint density at radius 1 is 1.06 bits per heavy atom. The number of anilines is 2. The fourth-order valence-corrected chi connectivity index (χ4v) is 4.47. The molecular formula is C24H26FNO5. The molecule has 1 spiro atoms. The largest absolute Gasteiger partial charge is 0.480 e. The zero-order chi connectivity index (χ0) is 21.8. The highest BCUT2D eigenvalue weighted by atomic mass is 19.1. The average Bonchev–Trinajstić information content (AvgIpc) is 3.44. The number of para-hydroxylation sites is 1. The third kappa shape index (κ3) is 5.05. The minimum Gasteiger partial charge on any atom is -0.480 e. The molecule has 6 nitrogen and oxygen atoms in total. The molecule has 2 saturated carbocycles. The van der Waals surface area contributed by atoms with E-state index in [9.17, 15) is 14.0 Å². The van der Waals surface area contributed by atoms with E-state index in [2.05, 4.69) is 0 Å². The Balaban J connectivity index is 1.33. The molecule has 31 heavy (non-hydrogen) atoms. The van der Waals surface area contributed by atoms with Crippen LogP contribution in [0.3, 0.4) is 0 Å². The maximum absolute atomic E-state index is 13.8. The molecular weight excluding hydrogens is 401 g/mol. The molecule has 4 rings (SSSR count). The number of halogens is 1. The summed E-state index contributed by atoms with van der Waals surface area (Å²) >= 11 is 0. The Bertz CT molecular complexity index is 927. The second-order valence-electron chi connectivity index (χ2n) is 8.43. The number of hydrogen-bond acceptors (Lipinski definition) is 4. The van der Waals surface area contributed by atoms with Gasteiger partial charge in [0.05, 0.1) is 24.1 Å². The summed E-state index contributed by atoms with van der Waals surface area (Å²) in [5.41, 5.74) is 1.13. The highest BCUT2D eigenvalue weighted by Gasteiger charge is 2.56. The summed E-state index contributed by atoms with van der Waals surface area (Å²) in [7, 11) is 0. The summed E-state index contributed by atoms with van der Waals surface area (Å²) in [6.07, 6.45) is 4.13. The first-order valence-electron chi connectivity index (χ1n) is 10.6. The third-order valence-corrected chi connectivity index (χ3v) is 6.33. The van der Waals surface area contributed by atoms with Crippen LogP contribution in [0.5, 0.6) is 0 Å². The van der Waals surface area contributed by atoms with Crippen LogP contribution in [-0.4, -0.2) is 36.5 Å². The molecule has 0 aliphatic heterocycles. The Kier molecular flexibility index (Phi) is 6.23. The Morgan fingerprint density at radius 3 is 2.45 bits per heavy atom. The molecule has 0 aromatic heterocycles. The number of amides is 1. The van der Waals surface area contributed by atoms with E-state index < -0.39 is 17.9 Å². The van der Waals surface area contributed by atoms with E-state index in [0.717, 1.165) is 32.1 Å². The maximum Gasteiger partial charge on any atom is 0.418 e. The number of ether oxygens (including phenoxy) is 2. The van der Waals surface area contributed by atoms with Gasteiger partial charge in [-0.2, -0.15) is 0 Å². The zero-order valence-corrected chi connectivity index (χ0v) is 17.2. The predicted octanol–water partition coefficient (Wildman–Crippen LogP) is 5.15. The highest BCUT2D eigenvalue weighted by Crippen LogP contribution is 2.58. The number of carboxylic acids is 1. The first-order valence-corrected chi connectivity index (χ1v) is 10.6. The SMILES string of the molecule is O=C(O)COC1CC12CCC(COC(=O)N(c1ccccc1)c1cccc(F)c1)CC2. The number of carbonyl (C=O) groups is 2. The summed E-state index contributed by atoms with van der Waals surface area (Å²) < 4.78 is 24.9. The monoisotopic (exact) mass is 427 g/mol. The van der Waals surface area contributed by atoms with E-state index >= 15 is 0 Å². The highest BCUT2D eigenvalue weighted by molar-refractivity contribution is 5.95. The van der Waals surface area contributed by atoms with Gasteiger partial charge in [-0.25, -0.2) is 18.9 Å². The van der Waals surface area contributed by atoms with Crippen LogP contribution in [0.1, 0.15) is 32.1 Å². The van der Waals surface area contributed by atoms with Crippen molar-refractivity contribution in [3.05, 3.63) is 60.4 Å². The van der Waals surface area contributed by atoms with Crippen molar-refractivity contribution in [3.8, 4) is 0 Å². The molecule has 0 bridgehead atoms. The normalized spacial score (nSPS) is 24.5. The molecule has 0 heterocycles. The molecule has 1 amide bonds. The summed E-state index contributed by atoms with van der Waals surface area (Å²) in [4.78, 5) is 25.0. The van der Waals surface area contributed by atoms with Gasteiger partial charge in [-0.05, 0) is 73.8 Å². The van der Waals surface area contributed by atoms with Gasteiger partial charge in [0, 0.05) is 0 Å². The molecule has 7 heteroatoms. The lowest BCUT2D eigenvalue weighted by molar-refractivity contribution is -0.143. The Hall–Kier alpha value is -2.93. The molecule has 2 aliphatic rings. The standard InChI is InChI=1S/C24H26FNO5/c25-18-5-4-8-20(13-18)26(19-6-2-1-3-7-19)23(29)31-15-17-9-11-24(12-10-17)14-21(24)30-16-22(27)28/h1-8,13,17,21H,9-12,14-16H2,(H,27,28). The van der Waals surface area contributed by atoms with Gasteiger partial charge in [0.1, 0.15) is 12.4 Å². The van der Waals surface area contributed by atoms with E-state index in [1.54, 1.807) is 24.3 Å². The van der Waals surface area contributed by atoms with Crippen molar-refractivity contribution in [2.24, 2.45) is 11.3 Å². The number of carboxylic acid groups (broad SMARTS) is 1. The van der Waals surface area contributed by atoms with E-state index in [1.807, 2.05) is 18.2 Å². The molecule has 1 unspecified atom stereocenters. The molecule has 0 radical (unpaired) electrons. The summed E-state index contributed by atoms with van der Waals surface area (Å²) in [5, 5.41) is 8.77. The van der Waals surface area contributed by atoms with Gasteiger partial charge in [0.15, 0.2) is 0 Å². The van der Waals surface area contributed by atoms with Crippen LogP contribution >= 0.6 is 0 Å². The van der Waals surface area contributed by atoms with Crippen molar-refractivity contribution in [1.82, 2.24) is 0 Å². The maximum atomic E-state index is 13.8. The molecule has 2 aliphatic carbocycles. The van der Waals surface area contributed by atoms with Crippen LogP contribution in [0.2, 0.25) is 0 Å². The van der Waals surface area contributed by atoms with Crippen molar-refractivity contribution < 1.29 is 28.6 Å². The number of benzene rings is 2. The summed E-state index contributed by atoms with van der Waals surface area (Å²) in [6.45, 7) is 0.0527. The number of rotatable bonds is 7. The predicted molar refractivity (Wildman–Crippen MR) is 113 cm³/mol. The van der Waals surface area contributed by atoms with Crippen molar-refractivity contribution in [1.29, 1.82) is 0 Å². The zero-order valence-electron chi connectivity index (χ0n) is 17.2. The molecule has 0 saturated heterocycles. The Morgan fingerprint density at radius 2 is 1.77 bits per heavy atom. The number of carbonyl (C=O) groups excluding carboxylic acids is 1. The van der Waals surface area contributed by atoms with Crippen molar-refractivity contribution in [2.75, 3.05) is 18.1 Å². The van der Waals surface area contributed by atoms with Gasteiger partial charge in [-0.1, -0.05) is 24.3 Å². The van der Waals surface area contributed by atoms with Gasteiger partial charge < -0.3 is 14.6 Å². The minimum atomic E-state index is -0.941. The molecule has 1 atom stereocenters. The van der Waals surface area contributed by atoms with Crippen LogP contribution < -0.4 is 4.90 Å². The number of aliphatic carboxylic acids is 1. The Labute approximate surface area is 180 Å². The fraction of sp³-hybridized carbons (Fsp3) is 0.417. The molecule has 2 fully saturated rings. The lowest BCUT2D eigenvalue weighted by Crippen LogP contribution is -2.30. The van der Waals surface area contributed by atoms with Gasteiger partial charge in [0.25, 0.3) is 0 Å². The van der Waals surface area contributed by atoms with Crippen LogP contribution in [0.4, 0.5) is 20.6 Å². The fourth-order valence-electron chi connectivity index (χ4n) is 4.47. The van der Waals surface area contributed by atoms with E-state index in [1.165, 1.54) is 17.0 Å². The smallest absolute Gasteiger partial charge is 0.418 e. The van der Waals surface area contributed by atoms with Crippen LogP contribution in [0.25, 0.3) is 0 Å². The lowest BCUT2D eigenvalue weighted by atomic mass is 9.80. The summed E-state index contributed by atoms with van der Waals surface area (Å²) in [5.74, 6) is -1.11. The van der Waals surface area contributed by atoms with E-state index in [0.29, 0.717) is 18.0 Å². The molecule has 2 aromatic rings. The van der Waals surface area contributed by atoms with Crippen LogP contribution in [0, 0.1) is 17.2 Å². The molecule has 2 aromatic carbocycles. The second kappa shape index (κ2) is 9.06. The quantitative estimate of drug-likeness (QED) is 0.661. The number of hydrogen-bond donors (Lipinski definition) is 1. The van der Waals surface area contributed by atoms with Gasteiger partial charge in [0.2, 0.25) is 0 Å². The van der Waals surface area contributed by atoms with Crippen LogP contribution in [0.15, 0.2) is 54.6 Å². The molecule has 164 valence electrons. The van der Waals surface area contributed by atoms with E-state index in [-0.39, 0.29) is 24.0 Å². The molecule has 1 N–H and O–H groups in total. The minimum absolute atomic E-state index is 0.0358. The first kappa shape index (κ1) is 21.3. The summed E-state index contributed by atoms with van der Waals surface area (Å²) in [6, 6.07) is 14.9. The lowest BCUT2D eigenvalue weighted by Gasteiger charge is -2.30. The van der Waals surface area contributed by atoms with Crippen molar-refractivity contribution >= 4 is 23.4 Å². The van der Waals surface area contributed by atoms with Gasteiger partial charge in [-0.3, -0.25) is 0 Å². The van der Waals surface area contributed by atoms with Gasteiger partial charge in [-0.15, -0.1) is 0 Å². The van der Waals surface area contributed by atoms with Gasteiger partial charge >= 0.3 is 12.1 Å².